The van der Waals surface area contributed by atoms with Gasteiger partial charge in [-0.05, 0) is 77.9 Å². The van der Waals surface area contributed by atoms with E-state index in [0.717, 1.165) is 5.39 Å². The Hall–Kier alpha value is -8.16. The SMILES string of the molecule is CC(C)(C)OC(=O)N1CC(O)(CN)C1.Cn1nc(-c2cnc3[nH]cc(C(=O)NCC4(O)CN(C(=O)OC(C)(C)C)C4)c3n2)c2ccc(F)cc21.Cn1nc(-c2cnc3[nH]cc(C(=O)O)c3n2)c2ccc(F)cc21. The van der Waals surface area contributed by atoms with Crippen LogP contribution in [0.25, 0.3) is 66.9 Å². The van der Waals surface area contributed by atoms with Gasteiger partial charge in [0.05, 0.1) is 61.7 Å². The number of aromatic amines is 2. The molecule has 0 bridgehead atoms. The van der Waals surface area contributed by atoms with Crippen LogP contribution in [0.4, 0.5) is 18.4 Å². The molecule has 25 heteroatoms. The number of nitrogens with zero attached hydrogens (tertiary/aromatic N) is 10. The molecular formula is C48H54F2N14O9. The second-order valence-electron chi connectivity index (χ2n) is 19.9. The number of carboxylic acids is 1. The van der Waals surface area contributed by atoms with Gasteiger partial charge in [0.25, 0.3) is 5.91 Å². The lowest BCUT2D eigenvalue weighted by atomic mass is 9.94. The highest BCUT2D eigenvalue weighted by Crippen LogP contribution is 2.31. The maximum atomic E-state index is 13.7. The van der Waals surface area contributed by atoms with E-state index in [0.29, 0.717) is 56.0 Å². The van der Waals surface area contributed by atoms with Crippen molar-refractivity contribution in [2.45, 2.75) is 63.9 Å². The molecule has 2 aromatic carbocycles. The topological polar surface area (TPSA) is 311 Å². The minimum atomic E-state index is -1.25. The van der Waals surface area contributed by atoms with Crippen molar-refractivity contribution in [1.29, 1.82) is 0 Å². The maximum absolute atomic E-state index is 13.7. The molecule has 0 saturated carbocycles. The lowest BCUT2D eigenvalue weighted by Crippen LogP contribution is -2.68. The lowest BCUT2D eigenvalue weighted by molar-refractivity contribution is -0.0948. The number of nitrogens with one attached hydrogen (secondary N) is 3. The highest BCUT2D eigenvalue weighted by molar-refractivity contribution is 6.05. The summed E-state index contributed by atoms with van der Waals surface area (Å²) in [7, 11) is 3.41. The van der Waals surface area contributed by atoms with E-state index in [2.05, 4.69) is 45.4 Å². The van der Waals surface area contributed by atoms with Crippen LogP contribution in [0.3, 0.4) is 0 Å². The fourth-order valence-corrected chi connectivity index (χ4v) is 8.01. The predicted molar refractivity (Wildman–Crippen MR) is 261 cm³/mol. The summed E-state index contributed by atoms with van der Waals surface area (Å²) in [6.07, 6.45) is 4.98. The smallest absolute Gasteiger partial charge is 0.410 e. The minimum absolute atomic E-state index is 0.0423. The number of nitrogens with two attached hydrogens (primary N) is 1. The summed E-state index contributed by atoms with van der Waals surface area (Å²) in [5.74, 6) is -2.27. The van der Waals surface area contributed by atoms with Gasteiger partial charge in [-0.3, -0.25) is 14.2 Å². The van der Waals surface area contributed by atoms with Crippen LogP contribution >= 0.6 is 0 Å². The van der Waals surface area contributed by atoms with Crippen molar-refractivity contribution in [3.63, 3.8) is 0 Å². The average molecular weight is 1010 g/mol. The van der Waals surface area contributed by atoms with E-state index in [9.17, 15) is 43.3 Å². The van der Waals surface area contributed by atoms with Crippen LogP contribution in [0.1, 0.15) is 62.3 Å². The van der Waals surface area contributed by atoms with Crippen molar-refractivity contribution in [2.24, 2.45) is 19.8 Å². The normalized spacial score (nSPS) is 15.0. The third-order valence-corrected chi connectivity index (χ3v) is 11.6. The molecule has 23 nitrogen and oxygen atoms in total. The molecule has 10 rings (SSSR count). The molecule has 0 unspecified atom stereocenters. The highest BCUT2D eigenvalue weighted by Gasteiger charge is 2.46. The molecule has 73 heavy (non-hydrogen) atoms. The van der Waals surface area contributed by atoms with Crippen molar-refractivity contribution in [3.8, 4) is 22.8 Å². The monoisotopic (exact) mass is 1010 g/mol. The summed E-state index contributed by atoms with van der Waals surface area (Å²) in [5.41, 5.74) is 6.85. The number of aryl methyl sites for hydroxylation is 2. The zero-order chi connectivity index (χ0) is 52.9. The number of β-amino-alcohol motifs (C(OH)–C–C–N with tert-alkyl or cyclic N) is 2. The van der Waals surface area contributed by atoms with Crippen LogP contribution in [0.5, 0.6) is 0 Å². The number of fused-ring (bicyclic) bond motifs is 4. The van der Waals surface area contributed by atoms with Gasteiger partial charge in [0.15, 0.2) is 11.3 Å². The number of aromatic carboxylic acids is 1. The van der Waals surface area contributed by atoms with Gasteiger partial charge in [-0.15, -0.1) is 0 Å². The molecule has 0 spiro atoms. The van der Waals surface area contributed by atoms with Crippen molar-refractivity contribution < 1.29 is 52.8 Å². The average Bonchev–Trinajstić information content (AvgIpc) is 4.08. The summed E-state index contributed by atoms with van der Waals surface area (Å²) in [6, 6.07) is 8.72. The molecule has 2 saturated heterocycles. The van der Waals surface area contributed by atoms with Crippen LogP contribution in [-0.4, -0.2) is 160 Å². The lowest BCUT2D eigenvalue weighted by Gasteiger charge is -2.46. The van der Waals surface area contributed by atoms with Gasteiger partial charge in [0, 0.05) is 43.8 Å². The molecule has 8 N–H and O–H groups in total. The van der Waals surface area contributed by atoms with E-state index in [1.54, 1.807) is 77.1 Å². The first-order chi connectivity index (χ1) is 34.2. The largest absolute Gasteiger partial charge is 0.478 e. The van der Waals surface area contributed by atoms with Crippen LogP contribution in [0.15, 0.2) is 61.2 Å². The molecule has 3 amide bonds. The molecular weight excluding hydrogens is 955 g/mol. The van der Waals surface area contributed by atoms with Gasteiger partial charge in [0.2, 0.25) is 0 Å². The van der Waals surface area contributed by atoms with Crippen molar-refractivity contribution in [1.82, 2.24) is 64.6 Å². The molecule has 384 valence electrons. The van der Waals surface area contributed by atoms with Crippen molar-refractivity contribution in [2.75, 3.05) is 39.3 Å². The van der Waals surface area contributed by atoms with Crippen LogP contribution < -0.4 is 11.1 Å². The van der Waals surface area contributed by atoms with E-state index < -0.39 is 46.5 Å². The number of hydrogen-bond donors (Lipinski definition) is 7. The van der Waals surface area contributed by atoms with E-state index in [1.165, 1.54) is 58.9 Å². The number of carbonyl (C=O) groups is 4. The summed E-state index contributed by atoms with van der Waals surface area (Å²) in [5, 5.41) is 42.4. The molecule has 0 atom stereocenters. The number of benzene rings is 2. The Morgan fingerprint density at radius 2 is 1.14 bits per heavy atom. The summed E-state index contributed by atoms with van der Waals surface area (Å²) < 4.78 is 40.6. The van der Waals surface area contributed by atoms with Crippen molar-refractivity contribution in [3.05, 3.63) is 83.9 Å². The number of aliphatic hydroxyl groups is 2. The molecule has 8 aromatic rings. The van der Waals surface area contributed by atoms with E-state index in [-0.39, 0.29) is 67.5 Å². The van der Waals surface area contributed by atoms with Crippen LogP contribution in [0.2, 0.25) is 0 Å². The second-order valence-corrected chi connectivity index (χ2v) is 19.9. The van der Waals surface area contributed by atoms with Crippen LogP contribution in [-0.2, 0) is 23.6 Å². The Morgan fingerprint density at radius 1 is 0.712 bits per heavy atom. The zero-order valence-electron chi connectivity index (χ0n) is 41.1. The Bertz CT molecular complexity index is 3430. The Labute approximate surface area is 414 Å². The van der Waals surface area contributed by atoms with E-state index in [4.69, 9.17) is 15.2 Å². The van der Waals surface area contributed by atoms with Gasteiger partial charge in [-0.2, -0.15) is 10.2 Å². The second kappa shape index (κ2) is 19.1. The van der Waals surface area contributed by atoms with Crippen molar-refractivity contribution >= 4 is 68.2 Å². The van der Waals surface area contributed by atoms with Gasteiger partial charge >= 0.3 is 18.2 Å². The number of amides is 3. The molecule has 2 aliphatic heterocycles. The number of ether oxygens (including phenoxy) is 2. The fourth-order valence-electron chi connectivity index (χ4n) is 8.01. The Balaban J connectivity index is 0.000000163. The predicted octanol–water partition coefficient (Wildman–Crippen LogP) is 4.64. The van der Waals surface area contributed by atoms with Gasteiger partial charge in [0.1, 0.15) is 73.4 Å². The zero-order valence-corrected chi connectivity index (χ0v) is 41.1. The van der Waals surface area contributed by atoms with Gasteiger partial charge in [-0.1, -0.05) is 0 Å². The minimum Gasteiger partial charge on any atom is -0.478 e. The van der Waals surface area contributed by atoms with Gasteiger partial charge < -0.3 is 55.6 Å². The molecule has 6 aromatic heterocycles. The number of H-pyrrole nitrogens is 2. The Morgan fingerprint density at radius 3 is 1.56 bits per heavy atom. The first-order valence-electron chi connectivity index (χ1n) is 22.8. The summed E-state index contributed by atoms with van der Waals surface area (Å²) >= 11 is 0. The van der Waals surface area contributed by atoms with Crippen LogP contribution in [0, 0.1) is 11.6 Å². The highest BCUT2D eigenvalue weighted by atomic mass is 19.1. The third kappa shape index (κ3) is 11.0. The first-order valence-corrected chi connectivity index (χ1v) is 22.8. The third-order valence-electron chi connectivity index (χ3n) is 11.6. The summed E-state index contributed by atoms with van der Waals surface area (Å²) in [4.78, 5) is 73.7. The first kappa shape index (κ1) is 51.2. The Kier molecular flexibility index (Phi) is 13.4. The number of aromatic nitrogens is 10. The van der Waals surface area contributed by atoms with E-state index >= 15 is 0 Å². The fraction of sp³-hybridized carbons (Fsp3) is 0.375. The maximum Gasteiger partial charge on any atom is 0.410 e. The quantitative estimate of drug-likeness (QED) is 0.114. The number of rotatable bonds is 7. The number of carboxylic acid groups (broad SMARTS) is 1. The van der Waals surface area contributed by atoms with Gasteiger partial charge in [-0.25, -0.2) is 43.1 Å². The standard InChI is InChI=1S/C24H26FN7O4.C15H10FN5O2.C9H18N2O3/c1-23(2,3)36-22(34)32-11-24(35,12-32)10-28-21(33)15-8-26-20-19(15)29-16(9-27-20)18-14-6-5-13(25)7-17(14)31(4)30-18;1-21-11-4-7(16)2-3-8(11)12(20-21)10-6-18-14-13(19-10)9(5-17-14)15(22)23;1-8(2,3)14-7(12)11-5-9(13,4-10)6-11/h5-9,35H,10-12H2,1-4H3,(H,26,27)(H,28,33);2-6H,1H3,(H,17,18)(H,22,23);13H,4-6,10H2,1-3H3. The molecule has 0 radical (unpaired) electrons. The molecule has 2 fully saturated rings. The number of halogens is 2. The summed E-state index contributed by atoms with van der Waals surface area (Å²) in [6.45, 7) is 11.5. The number of likely N-dealkylation sites (tertiary alicyclic amines) is 2. The number of hydrogen-bond acceptors (Lipinski definition) is 15. The molecule has 8 heterocycles. The molecule has 0 aliphatic carbocycles. The van der Waals surface area contributed by atoms with E-state index in [1.807, 2.05) is 0 Å². The molecule has 2 aliphatic rings. The number of carbonyl (C=O) groups excluding carboxylic acids is 3.